The van der Waals surface area contributed by atoms with Crippen molar-refractivity contribution in [2.75, 3.05) is 19.1 Å². The van der Waals surface area contributed by atoms with E-state index in [9.17, 15) is 43.2 Å². The van der Waals surface area contributed by atoms with Gasteiger partial charge in [0.15, 0.2) is 0 Å². The van der Waals surface area contributed by atoms with Gasteiger partial charge in [0.2, 0.25) is 0 Å². The zero-order chi connectivity index (χ0) is 25.7. The summed E-state index contributed by atoms with van der Waals surface area (Å²) in [5.74, 6) is -0.189. The van der Waals surface area contributed by atoms with Crippen LogP contribution in [0.2, 0.25) is 0 Å². The topological polar surface area (TPSA) is 80.8 Å². The summed E-state index contributed by atoms with van der Waals surface area (Å²) in [5.41, 5.74) is -12.6. The zero-order valence-electron chi connectivity index (χ0n) is 18.2. The number of para-hydroxylation sites is 1. The molecular formula is C18H27F6NO5S3. The van der Waals surface area contributed by atoms with Crippen LogP contribution in [0.5, 0.6) is 5.75 Å². The largest absolute Gasteiger partial charge is 0.513 e. The fraction of sp³-hybridized carbons (Fsp3) is 0.667. The van der Waals surface area contributed by atoms with Crippen LogP contribution in [-0.2, 0) is 20.0 Å². The molecule has 0 aliphatic rings. The van der Waals surface area contributed by atoms with E-state index >= 15 is 0 Å². The van der Waals surface area contributed by atoms with Crippen LogP contribution in [0.1, 0.15) is 45.4 Å². The van der Waals surface area contributed by atoms with Gasteiger partial charge >= 0.3 is 31.1 Å². The third-order valence-electron chi connectivity index (χ3n) is 4.49. The Morgan fingerprint density at radius 1 is 0.788 bits per heavy atom. The van der Waals surface area contributed by atoms with E-state index in [-0.39, 0.29) is 12.4 Å². The number of nitrogens with zero attached hydrogens (tertiary/aromatic N) is 1. The van der Waals surface area contributed by atoms with Crippen LogP contribution < -0.4 is 4.74 Å². The van der Waals surface area contributed by atoms with Crippen molar-refractivity contribution in [3.63, 3.8) is 0 Å². The van der Waals surface area contributed by atoms with Crippen molar-refractivity contribution in [1.82, 2.24) is 3.12 Å². The van der Waals surface area contributed by atoms with Gasteiger partial charge < -0.3 is 4.74 Å². The average molecular weight is 548 g/mol. The first kappa shape index (κ1) is 29.8. The van der Waals surface area contributed by atoms with E-state index in [1.165, 1.54) is 18.2 Å². The minimum absolute atomic E-state index is 0.0662. The van der Waals surface area contributed by atoms with Gasteiger partial charge in [0, 0.05) is 4.90 Å². The first-order valence-corrected chi connectivity index (χ1v) is 15.1. The molecule has 0 saturated heterocycles. The zero-order valence-corrected chi connectivity index (χ0v) is 20.7. The summed E-state index contributed by atoms with van der Waals surface area (Å²) in [6.07, 6.45) is 6.76. The molecule has 0 heterocycles. The highest BCUT2D eigenvalue weighted by molar-refractivity contribution is 8.40. The van der Waals surface area contributed by atoms with Crippen LogP contribution in [0.3, 0.4) is 0 Å². The van der Waals surface area contributed by atoms with Gasteiger partial charge in [0.05, 0.1) is 6.61 Å². The molecule has 0 aromatic heterocycles. The van der Waals surface area contributed by atoms with Gasteiger partial charge in [-0.25, -0.2) is 16.8 Å². The van der Waals surface area contributed by atoms with E-state index < -0.39 is 49.3 Å². The molecule has 0 saturated carbocycles. The van der Waals surface area contributed by atoms with E-state index in [2.05, 4.69) is 0 Å². The molecule has 33 heavy (non-hydrogen) atoms. The van der Waals surface area contributed by atoms with Gasteiger partial charge in [-0.15, -0.1) is 10.2 Å². The number of hydrogen-bond acceptors (Lipinski definition) is 5. The summed E-state index contributed by atoms with van der Waals surface area (Å²) < 4.78 is 132. The summed E-state index contributed by atoms with van der Waals surface area (Å²) >= 11 is 0. The van der Waals surface area contributed by atoms with Gasteiger partial charge in [-0.1, -0.05) is 51.2 Å². The second-order valence-corrected chi connectivity index (χ2v) is 15.0. The Labute approximate surface area is 191 Å². The van der Waals surface area contributed by atoms with E-state index in [1.807, 2.05) is 6.92 Å². The average Bonchev–Trinajstić information content (AvgIpc) is 2.65. The summed E-state index contributed by atoms with van der Waals surface area (Å²) in [5, 5.41) is 0. The van der Waals surface area contributed by atoms with Crippen molar-refractivity contribution in [2.24, 2.45) is 0 Å². The van der Waals surface area contributed by atoms with Crippen molar-refractivity contribution in [3.05, 3.63) is 24.3 Å². The number of alkyl halides is 6. The van der Waals surface area contributed by atoms with Gasteiger partial charge in [-0.2, -0.15) is 26.3 Å². The monoisotopic (exact) mass is 547 g/mol. The van der Waals surface area contributed by atoms with E-state index in [4.69, 9.17) is 4.74 Å². The van der Waals surface area contributed by atoms with Crippen LogP contribution in [0.15, 0.2) is 29.2 Å². The molecule has 0 atom stereocenters. The van der Waals surface area contributed by atoms with Crippen LogP contribution in [0, 0.1) is 0 Å². The lowest BCUT2D eigenvalue weighted by Gasteiger charge is -2.41. The van der Waals surface area contributed by atoms with Crippen molar-refractivity contribution in [2.45, 2.75) is 61.4 Å². The van der Waals surface area contributed by atoms with Crippen LogP contribution >= 0.6 is 10.2 Å². The summed E-state index contributed by atoms with van der Waals surface area (Å²) in [7, 11) is -17.8. The molecule has 15 heteroatoms. The van der Waals surface area contributed by atoms with Crippen molar-refractivity contribution >= 4 is 30.3 Å². The van der Waals surface area contributed by atoms with Gasteiger partial charge in [0.25, 0.3) is 0 Å². The first-order valence-electron chi connectivity index (χ1n) is 9.80. The third-order valence-corrected chi connectivity index (χ3v) is 13.2. The Morgan fingerprint density at radius 2 is 1.24 bits per heavy atom. The van der Waals surface area contributed by atoms with Gasteiger partial charge in [-0.05, 0) is 34.2 Å². The minimum Gasteiger partial charge on any atom is -0.492 e. The number of rotatable bonds is 12. The Hall–Kier alpha value is -1.19. The Kier molecular flexibility index (Phi) is 9.98. The smallest absolute Gasteiger partial charge is 0.492 e. The molecule has 0 aliphatic heterocycles. The molecule has 1 aromatic carbocycles. The molecule has 0 aliphatic carbocycles. The quantitative estimate of drug-likeness (QED) is 0.245. The molecule has 1 aromatic rings. The van der Waals surface area contributed by atoms with E-state index in [0.29, 0.717) is 18.9 Å². The SMILES string of the molecule is CCCCCCCCOc1ccccc1S(C)(C)N(S(=O)(=O)C(F)(F)F)S(=O)(=O)C(F)(F)F. The van der Waals surface area contributed by atoms with Crippen LogP contribution in [0.4, 0.5) is 26.3 Å². The Balaban J connectivity index is 3.41. The maximum atomic E-state index is 13.2. The molecule has 1 rings (SSSR count). The van der Waals surface area contributed by atoms with Crippen molar-refractivity contribution in [3.8, 4) is 5.75 Å². The fourth-order valence-corrected chi connectivity index (χ4v) is 10.9. The van der Waals surface area contributed by atoms with Crippen molar-refractivity contribution in [1.29, 1.82) is 0 Å². The maximum absolute atomic E-state index is 13.2. The standard InChI is InChI=1S/C18H27F6NO5S3/c1-4-5-6-7-8-11-14-30-15-12-9-10-13-16(15)31(2,3)25(32(26,27)17(19,20)21)33(28,29)18(22,23)24/h9-10,12-13H,4-8,11,14H2,1-3H3. The molecule has 0 radical (unpaired) electrons. The van der Waals surface area contributed by atoms with Gasteiger partial charge in [0.1, 0.15) is 5.75 Å². The van der Waals surface area contributed by atoms with Gasteiger partial charge in [-0.3, -0.25) is 0 Å². The molecule has 0 spiro atoms. The summed E-state index contributed by atoms with van der Waals surface area (Å²) in [4.78, 5) is -0.392. The molecule has 0 fully saturated rings. The predicted octanol–water partition coefficient (Wildman–Crippen LogP) is 5.77. The first-order chi connectivity index (χ1) is 14.9. The highest BCUT2D eigenvalue weighted by atomic mass is 32.4. The van der Waals surface area contributed by atoms with Crippen LogP contribution in [-0.4, -0.2) is 50.1 Å². The van der Waals surface area contributed by atoms with E-state index in [1.54, 1.807) is 0 Å². The Bertz CT molecular complexity index is 948. The number of unbranched alkanes of at least 4 members (excludes halogenated alkanes) is 5. The minimum atomic E-state index is -6.93. The summed E-state index contributed by atoms with van der Waals surface area (Å²) in [6.45, 7) is 2.11. The second-order valence-electron chi connectivity index (χ2n) is 7.40. The second kappa shape index (κ2) is 11.0. The highest BCUT2D eigenvalue weighted by Gasteiger charge is 2.65. The number of halogens is 6. The maximum Gasteiger partial charge on any atom is 0.513 e. The highest BCUT2D eigenvalue weighted by Crippen LogP contribution is 2.61. The lowest BCUT2D eigenvalue weighted by molar-refractivity contribution is -0.0505. The molecule has 0 bridgehead atoms. The number of sulfonamides is 2. The lowest BCUT2D eigenvalue weighted by atomic mass is 10.1. The molecule has 0 N–H and O–H groups in total. The fourth-order valence-electron chi connectivity index (χ4n) is 2.92. The lowest BCUT2D eigenvalue weighted by Crippen LogP contribution is -2.49. The predicted molar refractivity (Wildman–Crippen MR) is 115 cm³/mol. The number of benzene rings is 1. The molecule has 0 unspecified atom stereocenters. The molecule has 6 nitrogen and oxygen atoms in total. The van der Waals surface area contributed by atoms with E-state index in [0.717, 1.165) is 38.2 Å². The normalized spacial score (nSPS) is 14.5. The third kappa shape index (κ3) is 6.92. The molecular weight excluding hydrogens is 520 g/mol. The number of hydrogen-bond donors (Lipinski definition) is 0. The van der Waals surface area contributed by atoms with Crippen molar-refractivity contribution < 1.29 is 47.9 Å². The summed E-state index contributed by atoms with van der Waals surface area (Å²) in [6, 6.07) is 4.91. The number of ether oxygens (including phenoxy) is 1. The molecule has 194 valence electrons. The molecule has 0 amide bonds. The van der Waals surface area contributed by atoms with Crippen LogP contribution in [0.25, 0.3) is 0 Å². The Morgan fingerprint density at radius 3 is 1.73 bits per heavy atom.